The topological polar surface area (TPSA) is 64.7 Å². The molecular weight excluding hydrogens is 420 g/mol. The van der Waals surface area contributed by atoms with Gasteiger partial charge in [-0.1, -0.05) is 36.2 Å². The molecule has 2 amide bonds. The molecule has 0 aliphatic carbocycles. The number of rotatable bonds is 4. The van der Waals surface area contributed by atoms with Crippen molar-refractivity contribution in [3.63, 3.8) is 0 Å². The van der Waals surface area contributed by atoms with Crippen molar-refractivity contribution in [2.24, 2.45) is 0 Å². The first-order valence-electron chi connectivity index (χ1n) is 9.88. The molecule has 2 aromatic rings. The minimum atomic E-state index is -0.272. The number of carbonyl (C=O) groups is 2. The highest BCUT2D eigenvalue weighted by Crippen LogP contribution is 2.30. The first-order valence-corrected chi connectivity index (χ1v) is 10.7. The highest BCUT2D eigenvalue weighted by Gasteiger charge is 2.22. The second kappa shape index (κ2) is 9.91. The third-order valence-corrected chi connectivity index (χ3v) is 5.43. The quantitative estimate of drug-likeness (QED) is 0.701. The van der Waals surface area contributed by atoms with E-state index in [0.29, 0.717) is 48.9 Å². The van der Waals surface area contributed by atoms with Crippen molar-refractivity contribution in [1.82, 2.24) is 10.2 Å². The van der Waals surface area contributed by atoms with E-state index in [4.69, 9.17) is 23.8 Å². The molecular formula is C22H25ClN4O2S. The fraction of sp³-hybridized carbons (Fsp3) is 0.318. The Labute approximate surface area is 187 Å². The van der Waals surface area contributed by atoms with Gasteiger partial charge in [0.2, 0.25) is 5.91 Å². The van der Waals surface area contributed by atoms with E-state index in [0.717, 1.165) is 11.3 Å². The summed E-state index contributed by atoms with van der Waals surface area (Å²) in [6, 6.07) is 12.8. The van der Waals surface area contributed by atoms with Gasteiger partial charge >= 0.3 is 0 Å². The van der Waals surface area contributed by atoms with Crippen LogP contribution in [0.2, 0.25) is 5.02 Å². The van der Waals surface area contributed by atoms with Crippen molar-refractivity contribution in [2.45, 2.75) is 20.3 Å². The molecule has 1 aliphatic rings. The number of thiocarbonyl (C=S) groups is 1. The summed E-state index contributed by atoms with van der Waals surface area (Å²) in [5.74, 6) is -0.101. The number of piperazine rings is 1. The molecule has 8 heteroatoms. The fourth-order valence-electron chi connectivity index (χ4n) is 3.42. The number of aryl methyl sites for hydroxylation is 1. The zero-order valence-corrected chi connectivity index (χ0v) is 18.6. The summed E-state index contributed by atoms with van der Waals surface area (Å²) in [6.45, 7) is 6.57. The number of halogens is 1. The summed E-state index contributed by atoms with van der Waals surface area (Å²) in [5, 5.41) is 6.58. The molecule has 2 N–H and O–H groups in total. The Morgan fingerprint density at radius 1 is 1.10 bits per heavy atom. The van der Waals surface area contributed by atoms with Crippen molar-refractivity contribution < 1.29 is 9.59 Å². The molecule has 6 nitrogen and oxygen atoms in total. The molecule has 0 atom stereocenters. The lowest BCUT2D eigenvalue weighted by molar-refractivity contribution is -0.131. The van der Waals surface area contributed by atoms with Gasteiger partial charge in [-0.2, -0.15) is 0 Å². The van der Waals surface area contributed by atoms with Crippen LogP contribution in [0.5, 0.6) is 0 Å². The molecule has 0 aromatic heterocycles. The molecule has 0 radical (unpaired) electrons. The molecule has 0 spiro atoms. The Morgan fingerprint density at radius 2 is 1.83 bits per heavy atom. The van der Waals surface area contributed by atoms with Gasteiger partial charge in [0.25, 0.3) is 5.91 Å². The second-order valence-electron chi connectivity index (χ2n) is 7.16. The Hall–Kier alpha value is -2.64. The minimum absolute atomic E-state index is 0.171. The zero-order chi connectivity index (χ0) is 21.7. The predicted molar refractivity (Wildman–Crippen MR) is 125 cm³/mol. The van der Waals surface area contributed by atoms with Crippen molar-refractivity contribution in [3.8, 4) is 0 Å². The van der Waals surface area contributed by atoms with Gasteiger partial charge in [-0.3, -0.25) is 14.9 Å². The number of hydrogen-bond acceptors (Lipinski definition) is 4. The summed E-state index contributed by atoms with van der Waals surface area (Å²) in [7, 11) is 0. The van der Waals surface area contributed by atoms with Gasteiger partial charge in [0, 0.05) is 43.2 Å². The number of carbonyl (C=O) groups excluding carboxylic acids is 2. The minimum Gasteiger partial charge on any atom is -0.366 e. The van der Waals surface area contributed by atoms with E-state index in [1.165, 1.54) is 0 Å². The van der Waals surface area contributed by atoms with Crippen molar-refractivity contribution in [2.75, 3.05) is 36.4 Å². The molecule has 3 rings (SSSR count). The summed E-state index contributed by atoms with van der Waals surface area (Å²) in [6.07, 6.45) is 0.517. The van der Waals surface area contributed by atoms with Gasteiger partial charge in [0.1, 0.15) is 0 Å². The maximum absolute atomic E-state index is 12.5. The number of amides is 2. The lowest BCUT2D eigenvalue weighted by Gasteiger charge is -2.37. The van der Waals surface area contributed by atoms with Gasteiger partial charge in [0.15, 0.2) is 5.11 Å². The van der Waals surface area contributed by atoms with Crippen LogP contribution < -0.4 is 15.5 Å². The SMILES string of the molecule is CCC(=O)N1CCN(c2ccc(Cl)cc2NC(=S)NC(=O)c2cccc(C)c2)CC1. The Balaban J connectivity index is 1.69. The van der Waals surface area contributed by atoms with Crippen LogP contribution in [0.3, 0.4) is 0 Å². The van der Waals surface area contributed by atoms with E-state index in [1.807, 2.05) is 43.0 Å². The number of anilines is 2. The number of benzene rings is 2. The fourth-order valence-corrected chi connectivity index (χ4v) is 3.79. The van der Waals surface area contributed by atoms with Gasteiger partial charge in [-0.15, -0.1) is 0 Å². The predicted octanol–water partition coefficient (Wildman–Crippen LogP) is 3.83. The molecule has 2 aromatic carbocycles. The molecule has 0 unspecified atom stereocenters. The normalized spacial score (nSPS) is 13.7. The Kier molecular flexibility index (Phi) is 7.29. The summed E-state index contributed by atoms with van der Waals surface area (Å²) >= 11 is 11.6. The maximum Gasteiger partial charge on any atom is 0.257 e. The first-order chi connectivity index (χ1) is 14.4. The van der Waals surface area contributed by atoms with Crippen LogP contribution in [0, 0.1) is 6.92 Å². The van der Waals surface area contributed by atoms with E-state index in [9.17, 15) is 9.59 Å². The Bertz CT molecular complexity index is 958. The van der Waals surface area contributed by atoms with E-state index >= 15 is 0 Å². The second-order valence-corrected chi connectivity index (χ2v) is 8.01. The van der Waals surface area contributed by atoms with E-state index in [1.54, 1.807) is 18.2 Å². The Morgan fingerprint density at radius 3 is 2.50 bits per heavy atom. The van der Waals surface area contributed by atoms with Crippen LogP contribution in [0.15, 0.2) is 42.5 Å². The molecule has 1 aliphatic heterocycles. The summed E-state index contributed by atoms with van der Waals surface area (Å²) in [4.78, 5) is 28.5. The summed E-state index contributed by atoms with van der Waals surface area (Å²) in [5.41, 5.74) is 3.18. The lowest BCUT2D eigenvalue weighted by atomic mass is 10.1. The molecule has 1 fully saturated rings. The molecule has 1 heterocycles. The molecule has 0 bridgehead atoms. The van der Waals surface area contributed by atoms with Gasteiger partial charge in [0.05, 0.1) is 11.4 Å². The standard InChI is InChI=1S/C22H25ClN4O2S/c1-3-20(28)27-11-9-26(10-12-27)19-8-7-17(23)14-18(19)24-22(30)25-21(29)16-6-4-5-15(2)13-16/h4-8,13-14H,3,9-12H2,1-2H3,(H2,24,25,29,30). The lowest BCUT2D eigenvalue weighted by Crippen LogP contribution is -2.48. The average molecular weight is 445 g/mol. The molecule has 0 saturated carbocycles. The van der Waals surface area contributed by atoms with Gasteiger partial charge in [-0.25, -0.2) is 0 Å². The number of hydrogen-bond donors (Lipinski definition) is 2. The molecule has 30 heavy (non-hydrogen) atoms. The van der Waals surface area contributed by atoms with Crippen molar-refractivity contribution in [1.29, 1.82) is 0 Å². The van der Waals surface area contributed by atoms with Crippen LogP contribution in [0.1, 0.15) is 29.3 Å². The highest BCUT2D eigenvalue weighted by molar-refractivity contribution is 7.80. The number of nitrogens with zero attached hydrogens (tertiary/aromatic N) is 2. The van der Waals surface area contributed by atoms with Crippen LogP contribution in [-0.4, -0.2) is 48.0 Å². The van der Waals surface area contributed by atoms with E-state index in [-0.39, 0.29) is 16.9 Å². The maximum atomic E-state index is 12.5. The average Bonchev–Trinajstić information content (AvgIpc) is 2.73. The third kappa shape index (κ3) is 5.49. The van der Waals surface area contributed by atoms with E-state index in [2.05, 4.69) is 15.5 Å². The highest BCUT2D eigenvalue weighted by atomic mass is 35.5. The van der Waals surface area contributed by atoms with Gasteiger partial charge in [-0.05, 0) is 49.5 Å². The van der Waals surface area contributed by atoms with Crippen LogP contribution in [0.25, 0.3) is 0 Å². The third-order valence-electron chi connectivity index (χ3n) is 4.99. The first kappa shape index (κ1) is 22.1. The molecule has 1 saturated heterocycles. The smallest absolute Gasteiger partial charge is 0.257 e. The summed E-state index contributed by atoms with van der Waals surface area (Å²) < 4.78 is 0. The van der Waals surface area contributed by atoms with Gasteiger partial charge < -0.3 is 15.1 Å². The zero-order valence-electron chi connectivity index (χ0n) is 17.1. The van der Waals surface area contributed by atoms with E-state index < -0.39 is 0 Å². The largest absolute Gasteiger partial charge is 0.366 e. The molecule has 158 valence electrons. The monoisotopic (exact) mass is 444 g/mol. The van der Waals surface area contributed by atoms with Crippen molar-refractivity contribution in [3.05, 3.63) is 58.6 Å². The van der Waals surface area contributed by atoms with Crippen LogP contribution >= 0.6 is 23.8 Å². The van der Waals surface area contributed by atoms with Crippen LogP contribution in [-0.2, 0) is 4.79 Å². The number of nitrogens with one attached hydrogen (secondary N) is 2. The van der Waals surface area contributed by atoms with Crippen molar-refractivity contribution >= 4 is 52.1 Å². The van der Waals surface area contributed by atoms with Crippen LogP contribution in [0.4, 0.5) is 11.4 Å².